The van der Waals surface area contributed by atoms with Gasteiger partial charge in [-0.15, -0.1) is 11.3 Å². The second-order valence-corrected chi connectivity index (χ2v) is 9.06. The Hall–Kier alpha value is -2.19. The van der Waals surface area contributed by atoms with Crippen LogP contribution in [0.15, 0.2) is 51.1 Å². The predicted octanol–water partition coefficient (Wildman–Crippen LogP) is 3.84. The lowest BCUT2D eigenvalue weighted by molar-refractivity contribution is 0.0955. The summed E-state index contributed by atoms with van der Waals surface area (Å²) in [6.45, 7) is 0. The zero-order chi connectivity index (χ0) is 18.4. The van der Waals surface area contributed by atoms with Crippen molar-refractivity contribution in [3.05, 3.63) is 47.3 Å². The summed E-state index contributed by atoms with van der Waals surface area (Å²) < 4.78 is 27.5. The molecule has 1 aliphatic carbocycles. The minimum Gasteiger partial charge on any atom is -0.278 e. The van der Waals surface area contributed by atoms with Crippen molar-refractivity contribution in [1.82, 2.24) is 5.43 Å². The molecule has 1 fully saturated rings. The first kappa shape index (κ1) is 18.6. The van der Waals surface area contributed by atoms with Crippen LogP contribution in [0.3, 0.4) is 0 Å². The maximum Gasteiger partial charge on any atom is 0.273 e. The van der Waals surface area contributed by atoms with Gasteiger partial charge in [-0.25, -0.2) is 13.8 Å². The highest BCUT2D eigenvalue weighted by molar-refractivity contribution is 7.94. The van der Waals surface area contributed by atoms with Gasteiger partial charge in [0.2, 0.25) is 0 Å². The van der Waals surface area contributed by atoms with E-state index in [0.29, 0.717) is 5.92 Å². The van der Waals surface area contributed by atoms with Crippen LogP contribution in [0.25, 0.3) is 0 Å². The molecule has 0 radical (unpaired) electrons. The molecule has 1 aromatic carbocycles. The van der Waals surface area contributed by atoms with Crippen LogP contribution in [0.4, 0.5) is 5.69 Å². The molecular formula is C18H21N3O3S2. The molecular weight excluding hydrogens is 370 g/mol. The van der Waals surface area contributed by atoms with Crippen LogP contribution in [0, 0.1) is 5.92 Å². The Kier molecular flexibility index (Phi) is 6.05. The van der Waals surface area contributed by atoms with Gasteiger partial charge < -0.3 is 0 Å². The van der Waals surface area contributed by atoms with Gasteiger partial charge in [-0.05, 0) is 42.3 Å². The van der Waals surface area contributed by atoms with Crippen LogP contribution >= 0.6 is 11.3 Å². The number of nitrogens with zero attached hydrogens (tertiary/aromatic N) is 1. The Balaban J connectivity index is 1.70. The number of sulfonamides is 1. The minimum absolute atomic E-state index is 0.197. The lowest BCUT2D eigenvalue weighted by Gasteiger charge is -2.16. The number of carbonyl (C=O) groups excluding carboxylic acids is 1. The molecule has 138 valence electrons. The Morgan fingerprint density at radius 2 is 1.88 bits per heavy atom. The molecule has 1 aromatic heterocycles. The highest BCUT2D eigenvalue weighted by Gasteiger charge is 2.19. The summed E-state index contributed by atoms with van der Waals surface area (Å²) in [4.78, 5) is 12.4. The SMILES string of the molecule is O=C(N/N=C\C1CCCCC1)c1ccccc1NS(=O)(=O)c1cccs1. The molecule has 8 heteroatoms. The summed E-state index contributed by atoms with van der Waals surface area (Å²) in [5.74, 6) is -0.0434. The lowest BCUT2D eigenvalue weighted by Crippen LogP contribution is -2.22. The third-order valence-corrected chi connectivity index (χ3v) is 7.04. The Labute approximate surface area is 157 Å². The zero-order valence-electron chi connectivity index (χ0n) is 14.2. The van der Waals surface area contributed by atoms with Gasteiger partial charge in [0.05, 0.1) is 11.3 Å². The number of para-hydroxylation sites is 1. The van der Waals surface area contributed by atoms with Crippen LogP contribution in [0.2, 0.25) is 0 Å². The minimum atomic E-state index is -3.71. The molecule has 0 spiro atoms. The Morgan fingerprint density at radius 1 is 1.12 bits per heavy atom. The van der Waals surface area contributed by atoms with E-state index in [0.717, 1.165) is 24.2 Å². The van der Waals surface area contributed by atoms with Crippen molar-refractivity contribution in [2.45, 2.75) is 36.3 Å². The Morgan fingerprint density at radius 3 is 2.62 bits per heavy atom. The first-order chi connectivity index (χ1) is 12.6. The fourth-order valence-corrected chi connectivity index (χ4v) is 5.00. The summed E-state index contributed by atoms with van der Waals surface area (Å²) in [5.41, 5.74) is 2.96. The maximum atomic E-state index is 12.4. The molecule has 1 saturated carbocycles. The maximum absolute atomic E-state index is 12.4. The topological polar surface area (TPSA) is 87.6 Å². The molecule has 3 rings (SSSR count). The van der Waals surface area contributed by atoms with Crippen LogP contribution in [0.5, 0.6) is 0 Å². The van der Waals surface area contributed by atoms with E-state index in [1.165, 1.54) is 25.3 Å². The van der Waals surface area contributed by atoms with E-state index in [1.807, 2.05) is 0 Å². The first-order valence-electron chi connectivity index (χ1n) is 8.55. The number of hydrogen-bond donors (Lipinski definition) is 2. The number of benzene rings is 1. The molecule has 0 saturated heterocycles. The Bertz CT molecular complexity index is 871. The monoisotopic (exact) mass is 391 g/mol. The number of carbonyl (C=O) groups is 1. The van der Waals surface area contributed by atoms with E-state index in [9.17, 15) is 13.2 Å². The smallest absolute Gasteiger partial charge is 0.273 e. The number of rotatable bonds is 6. The lowest BCUT2D eigenvalue weighted by atomic mass is 9.90. The van der Waals surface area contributed by atoms with Gasteiger partial charge in [0.15, 0.2) is 0 Å². The molecule has 1 aliphatic rings. The van der Waals surface area contributed by atoms with Crippen LogP contribution in [-0.4, -0.2) is 20.5 Å². The number of amides is 1. The third-order valence-electron chi connectivity index (χ3n) is 4.28. The van der Waals surface area contributed by atoms with E-state index in [2.05, 4.69) is 15.2 Å². The highest BCUT2D eigenvalue weighted by atomic mass is 32.2. The number of nitrogens with one attached hydrogen (secondary N) is 2. The molecule has 0 atom stereocenters. The van der Waals surface area contributed by atoms with Crippen molar-refractivity contribution in [3.8, 4) is 0 Å². The van der Waals surface area contributed by atoms with Crippen LogP contribution in [-0.2, 0) is 10.0 Å². The van der Waals surface area contributed by atoms with E-state index in [-0.39, 0.29) is 15.5 Å². The number of hydrogen-bond acceptors (Lipinski definition) is 5. The van der Waals surface area contributed by atoms with Crippen molar-refractivity contribution in [3.63, 3.8) is 0 Å². The molecule has 6 nitrogen and oxygen atoms in total. The van der Waals surface area contributed by atoms with Crippen molar-refractivity contribution < 1.29 is 13.2 Å². The summed E-state index contributed by atoms with van der Waals surface area (Å²) in [5, 5.41) is 5.75. The summed E-state index contributed by atoms with van der Waals surface area (Å²) in [6.07, 6.45) is 7.62. The highest BCUT2D eigenvalue weighted by Crippen LogP contribution is 2.23. The summed E-state index contributed by atoms with van der Waals surface area (Å²) in [6, 6.07) is 9.67. The summed E-state index contributed by atoms with van der Waals surface area (Å²) in [7, 11) is -3.71. The molecule has 0 bridgehead atoms. The average Bonchev–Trinajstić information content (AvgIpc) is 3.18. The van der Waals surface area contributed by atoms with Crippen molar-refractivity contribution in [2.24, 2.45) is 11.0 Å². The number of anilines is 1. The molecule has 1 amide bonds. The standard InChI is InChI=1S/C18H21N3O3S2/c22-18(20-19-13-14-7-2-1-3-8-14)15-9-4-5-10-16(15)21-26(23,24)17-11-6-12-25-17/h4-6,9-14,21H,1-3,7-8H2,(H,20,22)/b19-13-. The number of thiophene rings is 1. The molecule has 0 unspecified atom stereocenters. The van der Waals surface area contributed by atoms with Gasteiger partial charge in [0, 0.05) is 6.21 Å². The van der Waals surface area contributed by atoms with Gasteiger partial charge in [-0.3, -0.25) is 9.52 Å². The van der Waals surface area contributed by atoms with Gasteiger partial charge in [-0.1, -0.05) is 37.5 Å². The van der Waals surface area contributed by atoms with Crippen molar-refractivity contribution in [1.29, 1.82) is 0 Å². The van der Waals surface area contributed by atoms with Crippen molar-refractivity contribution in [2.75, 3.05) is 4.72 Å². The van der Waals surface area contributed by atoms with E-state index >= 15 is 0 Å². The fourth-order valence-electron chi connectivity index (χ4n) is 2.93. The fraction of sp³-hybridized carbons (Fsp3) is 0.333. The second kappa shape index (κ2) is 8.46. The van der Waals surface area contributed by atoms with Crippen LogP contribution in [0.1, 0.15) is 42.5 Å². The largest absolute Gasteiger partial charge is 0.278 e. The molecule has 0 aliphatic heterocycles. The average molecular weight is 392 g/mol. The third kappa shape index (κ3) is 4.70. The van der Waals surface area contributed by atoms with E-state index in [1.54, 1.807) is 41.9 Å². The van der Waals surface area contributed by atoms with E-state index in [4.69, 9.17) is 0 Å². The van der Waals surface area contributed by atoms with Gasteiger partial charge >= 0.3 is 0 Å². The predicted molar refractivity (Wildman–Crippen MR) is 104 cm³/mol. The normalized spacial score (nSPS) is 15.8. The second-order valence-electron chi connectivity index (χ2n) is 6.20. The van der Waals surface area contributed by atoms with Gasteiger partial charge in [0.1, 0.15) is 4.21 Å². The molecule has 26 heavy (non-hydrogen) atoms. The van der Waals surface area contributed by atoms with Gasteiger partial charge in [0.25, 0.3) is 15.9 Å². The molecule has 2 N–H and O–H groups in total. The molecule has 2 aromatic rings. The van der Waals surface area contributed by atoms with E-state index < -0.39 is 15.9 Å². The first-order valence-corrected chi connectivity index (χ1v) is 10.9. The van der Waals surface area contributed by atoms with Gasteiger partial charge in [-0.2, -0.15) is 5.10 Å². The molecule has 1 heterocycles. The quantitative estimate of drug-likeness (QED) is 0.579. The summed E-state index contributed by atoms with van der Waals surface area (Å²) >= 11 is 1.12. The number of hydrazone groups is 1. The van der Waals surface area contributed by atoms with Crippen LogP contribution < -0.4 is 10.1 Å². The zero-order valence-corrected chi connectivity index (χ0v) is 15.9. The van der Waals surface area contributed by atoms with Crippen molar-refractivity contribution >= 4 is 39.2 Å².